The van der Waals surface area contributed by atoms with Gasteiger partial charge in [0.1, 0.15) is 5.82 Å². The van der Waals surface area contributed by atoms with Gasteiger partial charge in [-0.1, -0.05) is 30.3 Å². The van der Waals surface area contributed by atoms with Crippen LogP contribution in [0.1, 0.15) is 5.69 Å². The van der Waals surface area contributed by atoms with Crippen molar-refractivity contribution >= 4 is 33.5 Å². The average Bonchev–Trinajstić information content (AvgIpc) is 2.95. The molecule has 3 aromatic carbocycles. The van der Waals surface area contributed by atoms with Crippen LogP contribution in [-0.4, -0.2) is 17.9 Å². The van der Waals surface area contributed by atoms with Crippen LogP contribution in [0.3, 0.4) is 0 Å². The van der Waals surface area contributed by atoms with Crippen molar-refractivity contribution < 1.29 is 13.9 Å². The van der Waals surface area contributed by atoms with Gasteiger partial charge in [0.2, 0.25) is 0 Å². The molecule has 5 nitrogen and oxygen atoms in total. The number of amides is 1. The summed E-state index contributed by atoms with van der Waals surface area (Å²) in [6.45, 7) is 1.85. The van der Waals surface area contributed by atoms with Gasteiger partial charge >= 0.3 is 6.09 Å². The number of halogens is 1. The first kappa shape index (κ1) is 16.9. The van der Waals surface area contributed by atoms with Crippen LogP contribution in [-0.2, 0) is 4.74 Å². The largest absolute Gasteiger partial charge is 0.452 e. The molecule has 1 heterocycles. The number of benzene rings is 3. The topological polar surface area (TPSA) is 69.3 Å². The molecule has 1 aromatic heterocycles. The number of rotatable bonds is 2. The maximum atomic E-state index is 14.0. The van der Waals surface area contributed by atoms with Crippen molar-refractivity contribution in [2.75, 3.05) is 18.3 Å². The maximum Gasteiger partial charge on any atom is 0.426 e. The van der Waals surface area contributed by atoms with Crippen molar-refractivity contribution in [2.45, 2.75) is 6.92 Å². The fraction of sp³-hybridized carbons (Fsp3) is 0.0952. The number of hydrogen-bond donors (Lipinski definition) is 2. The molecule has 4 aromatic rings. The Morgan fingerprint density at radius 3 is 2.70 bits per heavy atom. The number of carbonyl (C=O) groups excluding carboxylic acids is 1. The minimum atomic E-state index is -0.595. The molecule has 6 heteroatoms. The summed E-state index contributed by atoms with van der Waals surface area (Å²) in [4.78, 5) is 11.9. The molecule has 0 saturated carbocycles. The third-order valence-corrected chi connectivity index (χ3v) is 4.77. The first-order chi connectivity index (χ1) is 13.0. The van der Waals surface area contributed by atoms with Crippen molar-refractivity contribution in [1.29, 1.82) is 0 Å². The van der Waals surface area contributed by atoms with Crippen molar-refractivity contribution in [3.05, 3.63) is 66.1 Å². The highest BCUT2D eigenvalue weighted by atomic mass is 19.1. The number of methoxy groups -OCH3 is 1. The summed E-state index contributed by atoms with van der Waals surface area (Å²) in [7, 11) is 1.30. The van der Waals surface area contributed by atoms with Crippen LogP contribution < -0.4 is 11.2 Å². The minimum absolute atomic E-state index is 0.374. The number of aromatic nitrogens is 1. The van der Waals surface area contributed by atoms with Gasteiger partial charge in [0.05, 0.1) is 12.6 Å². The van der Waals surface area contributed by atoms with Crippen LogP contribution in [0, 0.1) is 12.7 Å². The van der Waals surface area contributed by atoms with E-state index in [4.69, 9.17) is 10.5 Å². The Hall–Kier alpha value is -3.54. The number of nitrogens with two attached hydrogens (primary N) is 1. The molecule has 3 N–H and O–H groups in total. The van der Waals surface area contributed by atoms with Gasteiger partial charge in [-0.15, -0.1) is 0 Å². The fourth-order valence-corrected chi connectivity index (χ4v) is 3.54. The van der Waals surface area contributed by atoms with Gasteiger partial charge in [-0.3, -0.25) is 4.68 Å². The summed E-state index contributed by atoms with van der Waals surface area (Å²) >= 11 is 0. The summed E-state index contributed by atoms with van der Waals surface area (Å²) in [5, 5.41) is 2.91. The summed E-state index contributed by atoms with van der Waals surface area (Å²) < 4.78 is 20.4. The van der Waals surface area contributed by atoms with Crippen LogP contribution in [0.15, 0.2) is 54.6 Å². The van der Waals surface area contributed by atoms with Gasteiger partial charge < -0.3 is 10.5 Å². The number of anilines is 1. The Bertz CT molecular complexity index is 1200. The SMILES string of the molecule is COC(=O)Nn1c(C)c(-c2cc(F)ccc2N)c2c3ccccc3ccc21. The van der Waals surface area contributed by atoms with E-state index in [1.807, 2.05) is 43.3 Å². The van der Waals surface area contributed by atoms with Crippen molar-refractivity contribution in [1.82, 2.24) is 4.68 Å². The Morgan fingerprint density at radius 1 is 1.15 bits per heavy atom. The number of hydrogen-bond acceptors (Lipinski definition) is 3. The van der Waals surface area contributed by atoms with E-state index in [0.717, 1.165) is 32.9 Å². The number of fused-ring (bicyclic) bond motifs is 3. The van der Waals surface area contributed by atoms with E-state index in [0.29, 0.717) is 11.3 Å². The molecule has 0 atom stereocenters. The molecule has 0 aliphatic carbocycles. The smallest absolute Gasteiger partial charge is 0.426 e. The van der Waals surface area contributed by atoms with E-state index in [1.54, 1.807) is 10.7 Å². The monoisotopic (exact) mass is 363 g/mol. The molecule has 0 radical (unpaired) electrons. The van der Waals surface area contributed by atoms with Crippen molar-refractivity contribution in [3.8, 4) is 11.1 Å². The number of carbonyl (C=O) groups is 1. The lowest BCUT2D eigenvalue weighted by Crippen LogP contribution is -2.23. The summed E-state index contributed by atoms with van der Waals surface area (Å²) in [5.41, 5.74) is 12.2. The second-order valence-corrected chi connectivity index (χ2v) is 6.31. The van der Waals surface area contributed by atoms with E-state index < -0.39 is 6.09 Å². The Kier molecular flexibility index (Phi) is 3.96. The summed E-state index contributed by atoms with van der Waals surface area (Å²) in [5.74, 6) is -0.374. The first-order valence-electron chi connectivity index (χ1n) is 8.44. The van der Waals surface area contributed by atoms with Crippen LogP contribution in [0.5, 0.6) is 0 Å². The van der Waals surface area contributed by atoms with Gasteiger partial charge in [0, 0.05) is 27.9 Å². The Labute approximate surface area is 155 Å². The predicted molar refractivity (Wildman–Crippen MR) is 106 cm³/mol. The predicted octanol–water partition coefficient (Wildman–Crippen LogP) is 4.80. The van der Waals surface area contributed by atoms with Crippen LogP contribution in [0.2, 0.25) is 0 Å². The lowest BCUT2D eigenvalue weighted by Gasteiger charge is -2.10. The third kappa shape index (κ3) is 2.66. The average molecular weight is 363 g/mol. The second kappa shape index (κ2) is 6.32. The van der Waals surface area contributed by atoms with Gasteiger partial charge in [0.25, 0.3) is 0 Å². The lowest BCUT2D eigenvalue weighted by molar-refractivity contribution is 0.183. The number of ether oxygens (including phenoxy) is 1. The molecule has 0 bridgehead atoms. The Morgan fingerprint density at radius 2 is 1.93 bits per heavy atom. The van der Waals surface area contributed by atoms with E-state index in [-0.39, 0.29) is 5.82 Å². The molecule has 1 amide bonds. The van der Waals surface area contributed by atoms with E-state index in [1.165, 1.54) is 19.2 Å². The Balaban J connectivity index is 2.16. The normalized spacial score (nSPS) is 11.1. The molecule has 27 heavy (non-hydrogen) atoms. The molecule has 0 aliphatic rings. The zero-order valence-corrected chi connectivity index (χ0v) is 14.9. The van der Waals surface area contributed by atoms with Gasteiger partial charge in [-0.05, 0) is 42.0 Å². The molecule has 0 saturated heterocycles. The highest BCUT2D eigenvalue weighted by Gasteiger charge is 2.21. The van der Waals surface area contributed by atoms with Crippen LogP contribution in [0.25, 0.3) is 32.8 Å². The summed E-state index contributed by atoms with van der Waals surface area (Å²) in [6.07, 6.45) is -0.595. The van der Waals surface area contributed by atoms with Gasteiger partial charge in [-0.2, -0.15) is 0 Å². The zero-order chi connectivity index (χ0) is 19.1. The molecular formula is C21H18FN3O2. The van der Waals surface area contributed by atoms with E-state index in [9.17, 15) is 9.18 Å². The molecular weight excluding hydrogens is 345 g/mol. The van der Waals surface area contributed by atoms with Gasteiger partial charge in [0.15, 0.2) is 0 Å². The zero-order valence-electron chi connectivity index (χ0n) is 14.9. The molecule has 0 unspecified atom stereocenters. The highest BCUT2D eigenvalue weighted by molar-refractivity contribution is 6.16. The molecule has 0 aliphatic heterocycles. The first-order valence-corrected chi connectivity index (χ1v) is 8.44. The number of nitrogen functional groups attached to an aromatic ring is 1. The minimum Gasteiger partial charge on any atom is -0.452 e. The van der Waals surface area contributed by atoms with Gasteiger partial charge in [-0.25, -0.2) is 14.6 Å². The van der Waals surface area contributed by atoms with Crippen molar-refractivity contribution in [3.63, 3.8) is 0 Å². The molecule has 0 fully saturated rings. The van der Waals surface area contributed by atoms with E-state index in [2.05, 4.69) is 5.43 Å². The maximum absolute atomic E-state index is 14.0. The fourth-order valence-electron chi connectivity index (χ4n) is 3.54. The van der Waals surface area contributed by atoms with Crippen molar-refractivity contribution in [2.24, 2.45) is 0 Å². The standard InChI is InChI=1S/C21H18FN3O2/c1-12-19(16-11-14(22)8-9-17(16)23)20-15-6-4-3-5-13(15)7-10-18(20)25(12)24-21(26)27-2/h3-11H,23H2,1-2H3,(H,24,26). The second-order valence-electron chi connectivity index (χ2n) is 6.31. The van der Waals surface area contributed by atoms with Crippen LogP contribution >= 0.6 is 0 Å². The molecule has 4 rings (SSSR count). The molecule has 0 spiro atoms. The van der Waals surface area contributed by atoms with E-state index >= 15 is 0 Å². The molecule has 136 valence electrons. The number of nitrogens with zero attached hydrogens (tertiary/aromatic N) is 1. The number of nitrogens with one attached hydrogen (secondary N) is 1. The highest BCUT2D eigenvalue weighted by Crippen LogP contribution is 2.40. The third-order valence-electron chi connectivity index (χ3n) is 4.77. The summed E-state index contributed by atoms with van der Waals surface area (Å²) in [6, 6.07) is 16.1. The van der Waals surface area contributed by atoms with Crippen LogP contribution in [0.4, 0.5) is 14.9 Å². The lowest BCUT2D eigenvalue weighted by atomic mass is 9.96. The quantitative estimate of drug-likeness (QED) is 0.503.